The summed E-state index contributed by atoms with van der Waals surface area (Å²) in [5.41, 5.74) is 0. The number of hydrogen-bond acceptors (Lipinski definition) is 6. The Hall–Kier alpha value is -4.24. The fraction of sp³-hybridized carbons (Fsp3) is 0.583. The van der Waals surface area contributed by atoms with Crippen LogP contribution >= 0.6 is 0 Å². The molecule has 0 saturated carbocycles. The molecule has 9 heteroatoms. The van der Waals surface area contributed by atoms with Crippen LogP contribution in [0.3, 0.4) is 0 Å². The molecule has 57 heavy (non-hydrogen) atoms. The van der Waals surface area contributed by atoms with Crippen LogP contribution in [-0.4, -0.2) is 59.3 Å². The molecule has 9 nitrogen and oxygen atoms in total. The van der Waals surface area contributed by atoms with Crippen molar-refractivity contribution < 1.29 is 34.1 Å². The first-order valence-electron chi connectivity index (χ1n) is 21.6. The molecule has 2 atom stereocenters. The van der Waals surface area contributed by atoms with Gasteiger partial charge >= 0.3 is 11.9 Å². The summed E-state index contributed by atoms with van der Waals surface area (Å²) in [6.07, 6.45) is 54.5. The molecule has 2 unspecified atom stereocenters. The second-order valence-corrected chi connectivity index (χ2v) is 14.0. The van der Waals surface area contributed by atoms with Crippen LogP contribution < -0.4 is 10.6 Å². The molecule has 4 N–H and O–H groups in total. The first-order chi connectivity index (χ1) is 27.8. The lowest BCUT2D eigenvalue weighted by molar-refractivity contribution is -0.147. The number of aliphatic hydroxyl groups is 1. The zero-order valence-electron chi connectivity index (χ0n) is 35.3. The molecule has 0 spiro atoms. The largest absolute Gasteiger partial charge is 0.480 e. The van der Waals surface area contributed by atoms with Gasteiger partial charge in [0, 0.05) is 12.8 Å². The maximum absolute atomic E-state index is 12.7. The van der Waals surface area contributed by atoms with E-state index >= 15 is 0 Å². The van der Waals surface area contributed by atoms with Gasteiger partial charge in [0.25, 0.3) is 0 Å². The minimum Gasteiger partial charge on any atom is -0.480 e. The summed E-state index contributed by atoms with van der Waals surface area (Å²) < 4.78 is 5.87. The predicted octanol–water partition coefficient (Wildman–Crippen LogP) is 10.6. The smallest absolute Gasteiger partial charge is 0.328 e. The number of hydrogen-bond donors (Lipinski definition) is 4. The fourth-order valence-corrected chi connectivity index (χ4v) is 5.49. The summed E-state index contributed by atoms with van der Waals surface area (Å²) in [5, 5.41) is 22.5. The van der Waals surface area contributed by atoms with Crippen LogP contribution in [0.15, 0.2) is 97.2 Å². The highest BCUT2D eigenvalue weighted by Gasteiger charge is 2.18. The Balaban J connectivity index is 4.42. The maximum Gasteiger partial charge on any atom is 0.328 e. The van der Waals surface area contributed by atoms with E-state index in [1.807, 2.05) is 6.08 Å². The summed E-state index contributed by atoms with van der Waals surface area (Å²) in [7, 11) is 0. The third-order valence-corrected chi connectivity index (χ3v) is 8.80. The Morgan fingerprint density at radius 1 is 0.561 bits per heavy atom. The van der Waals surface area contributed by atoms with Gasteiger partial charge in [-0.3, -0.25) is 14.4 Å². The number of aliphatic carboxylic acids is 1. The average Bonchev–Trinajstić information content (AvgIpc) is 3.20. The van der Waals surface area contributed by atoms with E-state index in [0.717, 1.165) is 89.9 Å². The van der Waals surface area contributed by atoms with E-state index in [9.17, 15) is 19.2 Å². The molecule has 320 valence electrons. The molecule has 0 bridgehead atoms. The number of allylic oxidation sites excluding steroid dienone is 15. The van der Waals surface area contributed by atoms with Crippen molar-refractivity contribution in [1.82, 2.24) is 10.6 Å². The van der Waals surface area contributed by atoms with Gasteiger partial charge in [0.05, 0.1) is 13.2 Å². The number of carboxylic acid groups (broad SMARTS) is 1. The second kappa shape index (κ2) is 41.4. The molecule has 0 saturated heterocycles. The molecule has 0 aromatic carbocycles. The van der Waals surface area contributed by atoms with Gasteiger partial charge in [-0.05, 0) is 102 Å². The van der Waals surface area contributed by atoms with Crippen molar-refractivity contribution in [2.75, 3.05) is 13.2 Å². The Morgan fingerprint density at radius 2 is 1.05 bits per heavy atom. The third kappa shape index (κ3) is 38.4. The Kier molecular flexibility index (Phi) is 38.3. The van der Waals surface area contributed by atoms with E-state index in [4.69, 9.17) is 14.9 Å². The lowest BCUT2D eigenvalue weighted by Gasteiger charge is -2.14. The second-order valence-electron chi connectivity index (χ2n) is 14.0. The van der Waals surface area contributed by atoms with Crippen molar-refractivity contribution in [3.8, 4) is 0 Å². The topological polar surface area (TPSA) is 142 Å². The van der Waals surface area contributed by atoms with Gasteiger partial charge in [0.1, 0.15) is 12.1 Å². The molecular weight excluding hydrogens is 717 g/mol. The van der Waals surface area contributed by atoms with E-state index < -0.39 is 24.5 Å². The molecule has 0 aliphatic heterocycles. The average molecular weight is 793 g/mol. The van der Waals surface area contributed by atoms with Gasteiger partial charge in [0.15, 0.2) is 0 Å². The first-order valence-corrected chi connectivity index (χ1v) is 21.6. The van der Waals surface area contributed by atoms with Crippen molar-refractivity contribution >= 4 is 23.8 Å². The lowest BCUT2D eigenvalue weighted by Crippen LogP contribution is -2.47. The number of aliphatic hydroxyl groups excluding tert-OH is 1. The molecule has 0 radical (unpaired) electrons. The number of carbonyl (C=O) groups is 4. The standard InChI is InChI=1S/C48H76N2O7/c1-3-5-7-9-11-13-14-15-16-17-18-19-20-21-22-23-24-26-28-30-36-40-47(54)57-43(37-33-29-27-25-12-10-8-6-4-2)38-34-31-32-35-39-45(52)49-41-46(53)50-44(42-51)48(55)56/h5,7,11,13,15-16,18-19,21-22,24-27,33,37,43-44,51H,3-4,6,8-10,12,14,17,20,23,28-32,34-36,38-42H2,1-2H3,(H,49,52)(H,50,53)(H,55,56)/b7-5-,13-11-,16-15-,19-18-,22-21-,26-24-,27-25-,37-33-. The van der Waals surface area contributed by atoms with Gasteiger partial charge in [0.2, 0.25) is 11.8 Å². The van der Waals surface area contributed by atoms with Gasteiger partial charge < -0.3 is 25.6 Å². The number of nitrogens with one attached hydrogen (secondary N) is 2. The zero-order valence-corrected chi connectivity index (χ0v) is 35.3. The molecule has 0 aliphatic carbocycles. The van der Waals surface area contributed by atoms with Crippen LogP contribution in [0.5, 0.6) is 0 Å². The molecule has 0 aromatic heterocycles. The van der Waals surface area contributed by atoms with E-state index in [2.05, 4.69) is 116 Å². The minimum absolute atomic E-state index is 0.173. The van der Waals surface area contributed by atoms with Crippen LogP contribution in [-0.2, 0) is 23.9 Å². The molecule has 0 heterocycles. The molecule has 0 rings (SSSR count). The Labute approximate surface area is 345 Å². The number of amides is 2. The normalized spacial score (nSPS) is 13.5. The number of carbonyl (C=O) groups excluding carboxylic acids is 3. The number of esters is 1. The number of rotatable bonds is 37. The highest BCUT2D eigenvalue weighted by molar-refractivity contribution is 5.87. The first kappa shape index (κ1) is 52.8. The van der Waals surface area contributed by atoms with Crippen LogP contribution in [0.1, 0.15) is 155 Å². The van der Waals surface area contributed by atoms with Crippen molar-refractivity contribution in [1.29, 1.82) is 0 Å². The van der Waals surface area contributed by atoms with Crippen LogP contribution in [0.4, 0.5) is 0 Å². The van der Waals surface area contributed by atoms with Crippen LogP contribution in [0.25, 0.3) is 0 Å². The van der Waals surface area contributed by atoms with Gasteiger partial charge in [-0.25, -0.2) is 4.79 Å². The van der Waals surface area contributed by atoms with Crippen LogP contribution in [0.2, 0.25) is 0 Å². The quantitative estimate of drug-likeness (QED) is 0.0279. The lowest BCUT2D eigenvalue weighted by atomic mass is 10.1. The Morgan fingerprint density at radius 3 is 1.60 bits per heavy atom. The van der Waals surface area contributed by atoms with Crippen molar-refractivity contribution in [2.45, 2.75) is 167 Å². The van der Waals surface area contributed by atoms with Crippen molar-refractivity contribution in [3.05, 3.63) is 97.2 Å². The maximum atomic E-state index is 12.7. The number of ether oxygens (including phenoxy) is 1. The van der Waals surface area contributed by atoms with E-state index in [1.54, 1.807) is 0 Å². The van der Waals surface area contributed by atoms with Crippen LogP contribution in [0, 0.1) is 0 Å². The molecule has 0 fully saturated rings. The zero-order chi connectivity index (χ0) is 41.9. The summed E-state index contributed by atoms with van der Waals surface area (Å²) in [6, 6.07) is -1.40. The summed E-state index contributed by atoms with van der Waals surface area (Å²) in [4.78, 5) is 47.5. The molecule has 2 amide bonds. The minimum atomic E-state index is -1.40. The fourth-order valence-electron chi connectivity index (χ4n) is 5.49. The monoisotopic (exact) mass is 793 g/mol. The van der Waals surface area contributed by atoms with Crippen molar-refractivity contribution in [3.63, 3.8) is 0 Å². The van der Waals surface area contributed by atoms with Gasteiger partial charge in [-0.1, -0.05) is 137 Å². The number of unbranched alkanes of at least 4 members (excludes halogenated alkanes) is 9. The summed E-state index contributed by atoms with van der Waals surface area (Å²) >= 11 is 0. The Bertz CT molecular complexity index is 1280. The summed E-state index contributed by atoms with van der Waals surface area (Å²) in [6.45, 7) is 3.28. The third-order valence-electron chi connectivity index (χ3n) is 8.80. The van der Waals surface area contributed by atoms with Gasteiger partial charge in [-0.2, -0.15) is 0 Å². The SMILES string of the molecule is CC/C=C\C/C=C\C/C=C\C/C=C\C/C=C\C/C=C\CCCCC(=O)OC(/C=C\C/C=C\CCCCCC)CCCCCCC(=O)NCC(=O)NC(CO)C(=O)O. The highest BCUT2D eigenvalue weighted by atomic mass is 16.5. The van der Waals surface area contributed by atoms with Gasteiger partial charge in [-0.15, -0.1) is 0 Å². The summed E-state index contributed by atoms with van der Waals surface area (Å²) in [5.74, 6) is -2.49. The molecule has 0 aromatic rings. The molecular formula is C48H76N2O7. The number of carboxylic acids is 1. The predicted molar refractivity (Wildman–Crippen MR) is 236 cm³/mol. The molecule has 0 aliphatic rings. The highest BCUT2D eigenvalue weighted by Crippen LogP contribution is 2.14. The van der Waals surface area contributed by atoms with E-state index in [-0.39, 0.29) is 30.9 Å². The van der Waals surface area contributed by atoms with E-state index in [0.29, 0.717) is 19.3 Å². The van der Waals surface area contributed by atoms with Crippen molar-refractivity contribution in [2.24, 2.45) is 0 Å². The van der Waals surface area contributed by atoms with E-state index in [1.165, 1.54) is 25.7 Å².